The first-order chi connectivity index (χ1) is 10.7. The Morgan fingerprint density at radius 2 is 2.09 bits per heavy atom. The van der Waals surface area contributed by atoms with Crippen LogP contribution in [-0.2, 0) is 9.59 Å². The molecule has 2 aromatic rings. The maximum atomic E-state index is 12.1. The number of nitrogens with zero attached hydrogens (tertiary/aromatic N) is 2. The summed E-state index contributed by atoms with van der Waals surface area (Å²) in [5.41, 5.74) is 3.34. The summed E-state index contributed by atoms with van der Waals surface area (Å²) in [4.78, 5) is 26.8. The first-order valence-electron chi connectivity index (χ1n) is 6.96. The number of benzene rings is 1. The van der Waals surface area contributed by atoms with Gasteiger partial charge in [-0.1, -0.05) is 24.3 Å². The minimum absolute atomic E-state index is 0.0337. The Balaban J connectivity index is 1.59. The molecule has 5 nitrogen and oxygen atoms in total. The van der Waals surface area contributed by atoms with Gasteiger partial charge in [0, 0.05) is 23.5 Å². The second-order valence-corrected chi connectivity index (χ2v) is 5.97. The van der Waals surface area contributed by atoms with E-state index in [9.17, 15) is 9.59 Å². The highest BCUT2D eigenvalue weighted by atomic mass is 32.1. The Labute approximate surface area is 132 Å². The standard InChI is InChI=1S/C16H15N3O2S/c20-15-9-12(11-19(15)13-5-2-1-3-6-13)16(21)18-17-10-14-7-4-8-22-14/h1-8,10,12H,9,11H2,(H,18,21). The van der Waals surface area contributed by atoms with Crippen molar-refractivity contribution in [3.8, 4) is 0 Å². The molecule has 1 saturated heterocycles. The van der Waals surface area contributed by atoms with E-state index in [1.165, 1.54) is 0 Å². The zero-order valence-electron chi connectivity index (χ0n) is 11.8. The van der Waals surface area contributed by atoms with Gasteiger partial charge in [-0.05, 0) is 23.6 Å². The molecule has 0 aliphatic carbocycles. The van der Waals surface area contributed by atoms with Gasteiger partial charge in [0.1, 0.15) is 0 Å². The van der Waals surface area contributed by atoms with Gasteiger partial charge in [-0.25, -0.2) is 5.43 Å². The lowest BCUT2D eigenvalue weighted by atomic mass is 10.1. The van der Waals surface area contributed by atoms with E-state index >= 15 is 0 Å². The van der Waals surface area contributed by atoms with E-state index in [0.29, 0.717) is 6.54 Å². The Morgan fingerprint density at radius 3 is 2.82 bits per heavy atom. The van der Waals surface area contributed by atoms with Crippen molar-refractivity contribution >= 4 is 35.1 Å². The van der Waals surface area contributed by atoms with Crippen LogP contribution in [0.1, 0.15) is 11.3 Å². The summed E-state index contributed by atoms with van der Waals surface area (Å²) in [6, 6.07) is 13.2. The largest absolute Gasteiger partial charge is 0.312 e. The highest BCUT2D eigenvalue weighted by Gasteiger charge is 2.34. The third-order valence-electron chi connectivity index (χ3n) is 3.47. The lowest BCUT2D eigenvalue weighted by molar-refractivity contribution is -0.126. The minimum atomic E-state index is -0.367. The summed E-state index contributed by atoms with van der Waals surface area (Å²) in [5, 5.41) is 5.88. The summed E-state index contributed by atoms with van der Waals surface area (Å²) < 4.78 is 0. The molecule has 112 valence electrons. The Morgan fingerprint density at radius 1 is 1.27 bits per heavy atom. The summed E-state index contributed by atoms with van der Waals surface area (Å²) in [6.45, 7) is 0.392. The molecular weight excluding hydrogens is 298 g/mol. The van der Waals surface area contributed by atoms with Crippen molar-refractivity contribution in [1.82, 2.24) is 5.43 Å². The number of rotatable bonds is 4. The normalized spacial score (nSPS) is 18.1. The van der Waals surface area contributed by atoms with Crippen LogP contribution in [0.15, 0.2) is 52.9 Å². The summed E-state index contributed by atoms with van der Waals surface area (Å²) in [6.07, 6.45) is 1.82. The smallest absolute Gasteiger partial charge is 0.245 e. The molecule has 6 heteroatoms. The number of anilines is 1. The van der Waals surface area contributed by atoms with Crippen LogP contribution in [0.2, 0.25) is 0 Å². The van der Waals surface area contributed by atoms with Gasteiger partial charge < -0.3 is 4.90 Å². The number of amides is 2. The number of hydrazone groups is 1. The second kappa shape index (κ2) is 6.53. The van der Waals surface area contributed by atoms with Gasteiger partial charge in [0.2, 0.25) is 11.8 Å². The van der Waals surface area contributed by atoms with E-state index < -0.39 is 0 Å². The quantitative estimate of drug-likeness (QED) is 0.695. The van der Waals surface area contributed by atoms with Gasteiger partial charge in [0.25, 0.3) is 0 Å². The van der Waals surface area contributed by atoms with Crippen LogP contribution >= 0.6 is 11.3 Å². The van der Waals surface area contributed by atoms with E-state index in [2.05, 4.69) is 10.5 Å². The van der Waals surface area contributed by atoms with Gasteiger partial charge in [-0.3, -0.25) is 9.59 Å². The minimum Gasteiger partial charge on any atom is -0.312 e. The van der Waals surface area contributed by atoms with Crippen LogP contribution in [0.3, 0.4) is 0 Å². The molecule has 1 aliphatic heterocycles. The van der Waals surface area contributed by atoms with E-state index in [4.69, 9.17) is 0 Å². The summed E-state index contributed by atoms with van der Waals surface area (Å²) in [7, 11) is 0. The number of carbonyl (C=O) groups excluding carboxylic acids is 2. The molecule has 2 amide bonds. The van der Waals surface area contributed by atoms with Crippen molar-refractivity contribution in [3.05, 3.63) is 52.7 Å². The first kappa shape index (κ1) is 14.5. The number of thiophene rings is 1. The lowest BCUT2D eigenvalue weighted by Crippen LogP contribution is -2.30. The van der Waals surface area contributed by atoms with Gasteiger partial charge in [-0.2, -0.15) is 5.10 Å². The molecule has 1 aromatic heterocycles. The van der Waals surface area contributed by atoms with Crippen molar-refractivity contribution in [3.63, 3.8) is 0 Å². The number of para-hydroxylation sites is 1. The second-order valence-electron chi connectivity index (χ2n) is 4.99. The topological polar surface area (TPSA) is 61.8 Å². The average Bonchev–Trinajstić information content (AvgIpc) is 3.17. The first-order valence-corrected chi connectivity index (χ1v) is 7.84. The molecule has 0 saturated carbocycles. The monoisotopic (exact) mass is 313 g/mol. The molecule has 0 bridgehead atoms. The van der Waals surface area contributed by atoms with Gasteiger partial charge >= 0.3 is 0 Å². The van der Waals surface area contributed by atoms with E-state index in [0.717, 1.165) is 10.6 Å². The molecular formula is C16H15N3O2S. The molecule has 3 rings (SSSR count). The van der Waals surface area contributed by atoms with Crippen LogP contribution in [0.4, 0.5) is 5.69 Å². The predicted octanol–water partition coefficient (Wildman–Crippen LogP) is 2.25. The SMILES string of the molecule is O=C(NN=Cc1cccs1)C1CC(=O)N(c2ccccc2)C1. The molecule has 1 N–H and O–H groups in total. The maximum Gasteiger partial charge on any atom is 0.245 e. The van der Waals surface area contributed by atoms with Crippen molar-refractivity contribution in [2.75, 3.05) is 11.4 Å². The molecule has 1 atom stereocenters. The summed E-state index contributed by atoms with van der Waals surface area (Å²) in [5.74, 6) is -0.624. The Hall–Kier alpha value is -2.47. The van der Waals surface area contributed by atoms with Crippen LogP contribution < -0.4 is 10.3 Å². The van der Waals surface area contributed by atoms with Gasteiger partial charge in [0.15, 0.2) is 0 Å². The average molecular weight is 313 g/mol. The molecule has 1 unspecified atom stereocenters. The van der Waals surface area contributed by atoms with E-state index in [1.54, 1.807) is 22.5 Å². The molecule has 2 heterocycles. The molecule has 0 radical (unpaired) electrons. The zero-order valence-corrected chi connectivity index (χ0v) is 12.6. The molecule has 1 aromatic carbocycles. The number of hydrogen-bond donors (Lipinski definition) is 1. The predicted molar refractivity (Wildman–Crippen MR) is 87.0 cm³/mol. The summed E-state index contributed by atoms with van der Waals surface area (Å²) >= 11 is 1.54. The van der Waals surface area contributed by atoms with E-state index in [1.807, 2.05) is 47.8 Å². The van der Waals surface area contributed by atoms with Crippen molar-refractivity contribution in [2.45, 2.75) is 6.42 Å². The van der Waals surface area contributed by atoms with Crippen LogP contribution in [0.25, 0.3) is 0 Å². The van der Waals surface area contributed by atoms with Gasteiger partial charge in [0.05, 0.1) is 12.1 Å². The highest BCUT2D eigenvalue weighted by Crippen LogP contribution is 2.24. The third kappa shape index (κ3) is 3.23. The molecule has 1 aliphatic rings. The lowest BCUT2D eigenvalue weighted by Gasteiger charge is -2.16. The fourth-order valence-corrected chi connectivity index (χ4v) is 2.94. The van der Waals surface area contributed by atoms with Crippen LogP contribution in [0.5, 0.6) is 0 Å². The van der Waals surface area contributed by atoms with Crippen molar-refractivity contribution in [1.29, 1.82) is 0 Å². The maximum absolute atomic E-state index is 12.1. The number of carbonyl (C=O) groups is 2. The van der Waals surface area contributed by atoms with Crippen LogP contribution in [-0.4, -0.2) is 24.6 Å². The fraction of sp³-hybridized carbons (Fsp3) is 0.188. The highest BCUT2D eigenvalue weighted by molar-refractivity contribution is 7.11. The third-order valence-corrected chi connectivity index (χ3v) is 4.28. The zero-order chi connectivity index (χ0) is 15.4. The molecule has 22 heavy (non-hydrogen) atoms. The Kier molecular flexibility index (Phi) is 4.29. The number of nitrogens with one attached hydrogen (secondary N) is 1. The number of hydrogen-bond acceptors (Lipinski definition) is 4. The molecule has 0 spiro atoms. The van der Waals surface area contributed by atoms with E-state index in [-0.39, 0.29) is 24.2 Å². The Bertz CT molecular complexity index is 683. The van der Waals surface area contributed by atoms with Crippen molar-refractivity contribution < 1.29 is 9.59 Å². The molecule has 1 fully saturated rings. The van der Waals surface area contributed by atoms with Crippen molar-refractivity contribution in [2.24, 2.45) is 11.0 Å². The van der Waals surface area contributed by atoms with Gasteiger partial charge in [-0.15, -0.1) is 11.3 Å². The fourth-order valence-electron chi connectivity index (χ4n) is 2.36. The van der Waals surface area contributed by atoms with Crippen LogP contribution in [0, 0.1) is 5.92 Å².